The van der Waals surface area contributed by atoms with Gasteiger partial charge in [-0.3, -0.25) is 14.7 Å². The normalized spacial score (nSPS) is 14.2. The number of rotatable bonds is 6. The number of thioether (sulfide) groups is 1. The van der Waals surface area contributed by atoms with Gasteiger partial charge >= 0.3 is 0 Å². The van der Waals surface area contributed by atoms with Gasteiger partial charge in [-0.15, -0.1) is 11.8 Å². The van der Waals surface area contributed by atoms with Crippen LogP contribution in [0, 0.1) is 10.1 Å². The van der Waals surface area contributed by atoms with Gasteiger partial charge in [0.05, 0.1) is 10.4 Å². The third-order valence-electron chi connectivity index (χ3n) is 2.29. The first-order valence-electron chi connectivity index (χ1n) is 5.02. The summed E-state index contributed by atoms with van der Waals surface area (Å²) in [5.41, 5.74) is 0.442. The van der Waals surface area contributed by atoms with Crippen LogP contribution in [-0.2, 0) is 9.09 Å². The van der Waals surface area contributed by atoms with E-state index in [0.717, 1.165) is 4.90 Å². The first kappa shape index (κ1) is 14.2. The molecule has 1 aromatic rings. The van der Waals surface area contributed by atoms with Gasteiger partial charge in [-0.2, -0.15) is 0 Å². The molecule has 0 aliphatic carbocycles. The highest BCUT2D eigenvalue weighted by Gasteiger charge is 2.18. The van der Waals surface area contributed by atoms with Crippen molar-refractivity contribution in [2.24, 2.45) is 0 Å². The van der Waals surface area contributed by atoms with Gasteiger partial charge in [0.2, 0.25) is 7.37 Å². The molecule has 1 atom stereocenters. The Morgan fingerprint density at radius 2 is 2.00 bits per heavy atom. The van der Waals surface area contributed by atoms with Crippen LogP contribution in [0.3, 0.4) is 0 Å². The van der Waals surface area contributed by atoms with Crippen molar-refractivity contribution in [3.63, 3.8) is 0 Å². The SMILES string of the molecule is CCP(=O)(CSc1ccc([N+](=O)[O-])cc1)OC. The van der Waals surface area contributed by atoms with Crippen molar-refractivity contribution in [1.82, 2.24) is 0 Å². The summed E-state index contributed by atoms with van der Waals surface area (Å²) in [5.74, 6) is 0. The molecular formula is C10H14NO4PS. The molecule has 0 radical (unpaired) electrons. The second-order valence-electron chi connectivity index (χ2n) is 3.34. The minimum Gasteiger partial charge on any atom is -0.331 e. The van der Waals surface area contributed by atoms with E-state index < -0.39 is 12.3 Å². The number of benzene rings is 1. The van der Waals surface area contributed by atoms with Crippen LogP contribution >= 0.6 is 19.1 Å². The van der Waals surface area contributed by atoms with Crippen LogP contribution in [0.1, 0.15) is 6.92 Å². The second-order valence-corrected chi connectivity index (χ2v) is 7.76. The highest BCUT2D eigenvalue weighted by atomic mass is 32.2. The number of nitro benzene ring substituents is 1. The first-order chi connectivity index (χ1) is 8.00. The van der Waals surface area contributed by atoms with Gasteiger partial charge in [0.15, 0.2) is 0 Å². The molecule has 7 heteroatoms. The van der Waals surface area contributed by atoms with Crippen LogP contribution in [0.4, 0.5) is 5.69 Å². The van der Waals surface area contributed by atoms with Gasteiger partial charge in [0, 0.05) is 30.3 Å². The van der Waals surface area contributed by atoms with Crippen molar-refractivity contribution in [3.05, 3.63) is 34.4 Å². The Kier molecular flexibility index (Phi) is 5.18. The van der Waals surface area contributed by atoms with Crippen LogP contribution in [0.25, 0.3) is 0 Å². The van der Waals surface area contributed by atoms with Crippen molar-refractivity contribution in [1.29, 1.82) is 0 Å². The van der Waals surface area contributed by atoms with E-state index >= 15 is 0 Å². The van der Waals surface area contributed by atoms with Gasteiger partial charge in [-0.25, -0.2) is 0 Å². The smallest absolute Gasteiger partial charge is 0.269 e. The number of hydrogen-bond donors (Lipinski definition) is 0. The molecule has 1 unspecified atom stereocenters. The predicted octanol–water partition coefficient (Wildman–Crippen LogP) is 3.59. The third-order valence-corrected chi connectivity index (χ3v) is 6.61. The third kappa shape index (κ3) is 4.15. The lowest BCUT2D eigenvalue weighted by molar-refractivity contribution is -0.384. The fourth-order valence-corrected chi connectivity index (χ4v) is 4.23. The molecule has 0 aliphatic heterocycles. The maximum atomic E-state index is 11.9. The molecule has 0 amide bonds. The van der Waals surface area contributed by atoms with E-state index in [1.54, 1.807) is 12.1 Å². The van der Waals surface area contributed by atoms with Gasteiger partial charge in [0.1, 0.15) is 0 Å². The summed E-state index contributed by atoms with van der Waals surface area (Å²) in [6, 6.07) is 6.18. The summed E-state index contributed by atoms with van der Waals surface area (Å²) in [5, 5.41) is 10.5. The number of nitro groups is 1. The van der Waals surface area contributed by atoms with Crippen molar-refractivity contribution >= 4 is 24.8 Å². The Bertz CT molecular complexity index is 426. The van der Waals surface area contributed by atoms with Crippen molar-refractivity contribution in [2.75, 3.05) is 18.8 Å². The lowest BCUT2D eigenvalue weighted by atomic mass is 10.3. The second kappa shape index (κ2) is 6.19. The van der Waals surface area contributed by atoms with E-state index in [0.29, 0.717) is 11.7 Å². The van der Waals surface area contributed by atoms with Gasteiger partial charge in [0.25, 0.3) is 5.69 Å². The molecule has 0 bridgehead atoms. The quantitative estimate of drug-likeness (QED) is 0.343. The van der Waals surface area contributed by atoms with E-state index in [1.807, 2.05) is 6.92 Å². The highest BCUT2D eigenvalue weighted by molar-refractivity contribution is 8.05. The lowest BCUT2D eigenvalue weighted by Crippen LogP contribution is -1.92. The summed E-state index contributed by atoms with van der Waals surface area (Å²) in [4.78, 5) is 10.9. The molecule has 17 heavy (non-hydrogen) atoms. The summed E-state index contributed by atoms with van der Waals surface area (Å²) >= 11 is 1.39. The molecule has 1 rings (SSSR count). The number of nitrogens with zero attached hydrogens (tertiary/aromatic N) is 1. The molecule has 0 aliphatic rings. The summed E-state index contributed by atoms with van der Waals surface area (Å²) < 4.78 is 16.9. The van der Waals surface area contributed by atoms with E-state index in [1.165, 1.54) is 31.0 Å². The zero-order valence-electron chi connectivity index (χ0n) is 9.66. The largest absolute Gasteiger partial charge is 0.331 e. The summed E-state index contributed by atoms with van der Waals surface area (Å²) in [7, 11) is -1.10. The van der Waals surface area contributed by atoms with Crippen LogP contribution in [0.2, 0.25) is 0 Å². The van der Waals surface area contributed by atoms with Gasteiger partial charge < -0.3 is 4.52 Å². The number of non-ortho nitro benzene ring substituents is 1. The Hall–Kier alpha value is -0.840. The maximum absolute atomic E-state index is 11.9. The molecule has 0 saturated heterocycles. The standard InChI is InChI=1S/C10H14NO4PS/c1-3-16(14,15-2)8-17-10-6-4-9(5-7-10)11(12)13/h4-7H,3,8H2,1-2H3. The molecule has 0 N–H and O–H groups in total. The van der Waals surface area contributed by atoms with E-state index in [9.17, 15) is 14.7 Å². The molecular weight excluding hydrogens is 261 g/mol. The predicted molar refractivity (Wildman–Crippen MR) is 69.0 cm³/mol. The Morgan fingerprint density at radius 1 is 1.41 bits per heavy atom. The van der Waals surface area contributed by atoms with E-state index in [2.05, 4.69) is 0 Å². The average molecular weight is 275 g/mol. The minimum atomic E-state index is -2.55. The Balaban J connectivity index is 2.64. The molecule has 0 spiro atoms. The average Bonchev–Trinajstić information content (AvgIpc) is 2.36. The molecule has 5 nitrogen and oxygen atoms in total. The van der Waals surface area contributed by atoms with Crippen LogP contribution in [0.5, 0.6) is 0 Å². The fraction of sp³-hybridized carbons (Fsp3) is 0.400. The van der Waals surface area contributed by atoms with Crippen molar-refractivity contribution < 1.29 is 14.0 Å². The molecule has 0 saturated carbocycles. The minimum absolute atomic E-state index is 0.0553. The van der Waals surface area contributed by atoms with Crippen molar-refractivity contribution in [3.8, 4) is 0 Å². The summed E-state index contributed by atoms with van der Waals surface area (Å²) in [6.45, 7) is 1.82. The van der Waals surface area contributed by atoms with Gasteiger partial charge in [-0.05, 0) is 12.1 Å². The lowest BCUT2D eigenvalue weighted by Gasteiger charge is -2.13. The van der Waals surface area contributed by atoms with Gasteiger partial charge in [-0.1, -0.05) is 6.92 Å². The molecule has 0 fully saturated rings. The van der Waals surface area contributed by atoms with E-state index in [-0.39, 0.29) is 5.69 Å². The van der Waals surface area contributed by atoms with Crippen molar-refractivity contribution in [2.45, 2.75) is 11.8 Å². The summed E-state index contributed by atoms with van der Waals surface area (Å²) in [6.07, 6.45) is 0.490. The monoisotopic (exact) mass is 275 g/mol. The first-order valence-corrected chi connectivity index (χ1v) is 8.00. The number of hydrogen-bond acceptors (Lipinski definition) is 5. The van der Waals surface area contributed by atoms with Crippen LogP contribution in [0.15, 0.2) is 29.2 Å². The molecule has 0 heterocycles. The Labute approximate surface area is 104 Å². The topological polar surface area (TPSA) is 69.4 Å². The maximum Gasteiger partial charge on any atom is 0.269 e. The van der Waals surface area contributed by atoms with Crippen LogP contribution < -0.4 is 0 Å². The zero-order chi connectivity index (χ0) is 12.9. The Morgan fingerprint density at radius 3 is 2.41 bits per heavy atom. The zero-order valence-corrected chi connectivity index (χ0v) is 11.4. The molecule has 94 valence electrons. The fourth-order valence-electron chi connectivity index (χ4n) is 1.11. The highest BCUT2D eigenvalue weighted by Crippen LogP contribution is 2.49. The molecule has 0 aromatic heterocycles. The molecule has 1 aromatic carbocycles. The van der Waals surface area contributed by atoms with E-state index in [4.69, 9.17) is 4.52 Å². The van der Waals surface area contributed by atoms with Crippen LogP contribution in [-0.4, -0.2) is 23.7 Å².